The molecule has 2 heteroatoms. The van der Waals surface area contributed by atoms with Gasteiger partial charge < -0.3 is 0 Å². The highest BCUT2D eigenvalue weighted by Gasteiger charge is 2.22. The fraction of sp³-hybridized carbons (Fsp3) is 0.111. The molecule has 29 heavy (non-hydrogen) atoms. The Balaban J connectivity index is 1.50. The summed E-state index contributed by atoms with van der Waals surface area (Å²) in [6.07, 6.45) is 1.84. The lowest BCUT2D eigenvalue weighted by Crippen LogP contribution is -2.02. The standard InChI is InChI=1S/C27H22N2/c1-3-10-20(11-4-1)27(29-28-23-14-5-2-6-15-23)19-22-13-9-17-25-24-16-8-7-12-21(24)18-26(22)25/h1-17,27H,18-19H2. The molecular formula is C27H22N2. The van der Waals surface area contributed by atoms with Gasteiger partial charge in [-0.2, -0.15) is 10.2 Å². The first-order chi connectivity index (χ1) is 14.4. The Morgan fingerprint density at radius 3 is 2.17 bits per heavy atom. The largest absolute Gasteiger partial charge is 0.180 e. The first-order valence-corrected chi connectivity index (χ1v) is 10.1. The Morgan fingerprint density at radius 1 is 0.655 bits per heavy atom. The highest BCUT2D eigenvalue weighted by Crippen LogP contribution is 2.39. The predicted molar refractivity (Wildman–Crippen MR) is 119 cm³/mol. The van der Waals surface area contributed by atoms with E-state index in [1.165, 1.54) is 33.4 Å². The Bertz CT molecular complexity index is 1150. The number of fused-ring (bicyclic) bond motifs is 3. The van der Waals surface area contributed by atoms with Crippen molar-refractivity contribution >= 4 is 5.69 Å². The van der Waals surface area contributed by atoms with Gasteiger partial charge in [0.05, 0.1) is 5.69 Å². The number of nitrogens with zero attached hydrogens (tertiary/aromatic N) is 2. The summed E-state index contributed by atoms with van der Waals surface area (Å²) in [5, 5.41) is 9.30. The van der Waals surface area contributed by atoms with Gasteiger partial charge in [0, 0.05) is 6.42 Å². The monoisotopic (exact) mass is 374 g/mol. The van der Waals surface area contributed by atoms with Crippen molar-refractivity contribution in [3.8, 4) is 11.1 Å². The quantitative estimate of drug-likeness (QED) is 0.288. The molecule has 0 saturated carbocycles. The third kappa shape index (κ3) is 3.62. The van der Waals surface area contributed by atoms with Crippen LogP contribution in [0.5, 0.6) is 0 Å². The van der Waals surface area contributed by atoms with Crippen LogP contribution in [0.25, 0.3) is 11.1 Å². The van der Waals surface area contributed by atoms with Crippen molar-refractivity contribution < 1.29 is 0 Å². The smallest absolute Gasteiger partial charge is 0.100 e. The SMILES string of the molecule is c1ccc(N=NC(Cc2cccc3c2Cc2ccccc2-3)c2ccccc2)cc1. The molecule has 0 saturated heterocycles. The summed E-state index contributed by atoms with van der Waals surface area (Å²) in [6.45, 7) is 0. The van der Waals surface area contributed by atoms with Crippen LogP contribution < -0.4 is 0 Å². The minimum Gasteiger partial charge on any atom is -0.180 e. The van der Waals surface area contributed by atoms with E-state index in [1.807, 2.05) is 36.4 Å². The van der Waals surface area contributed by atoms with Crippen LogP contribution in [0, 0.1) is 0 Å². The van der Waals surface area contributed by atoms with E-state index < -0.39 is 0 Å². The number of hydrogen-bond acceptors (Lipinski definition) is 2. The molecule has 140 valence electrons. The van der Waals surface area contributed by atoms with Crippen molar-refractivity contribution in [2.45, 2.75) is 18.9 Å². The van der Waals surface area contributed by atoms with Crippen LogP contribution in [0.15, 0.2) is 113 Å². The molecular weight excluding hydrogens is 352 g/mol. The minimum atomic E-state index is -0.00776. The Morgan fingerprint density at radius 2 is 1.34 bits per heavy atom. The number of rotatable bonds is 5. The molecule has 1 unspecified atom stereocenters. The maximum Gasteiger partial charge on any atom is 0.100 e. The molecule has 0 amide bonds. The van der Waals surface area contributed by atoms with Crippen molar-refractivity contribution in [2.24, 2.45) is 10.2 Å². The zero-order chi connectivity index (χ0) is 19.5. The van der Waals surface area contributed by atoms with E-state index in [2.05, 4.69) is 71.8 Å². The zero-order valence-corrected chi connectivity index (χ0v) is 16.2. The molecule has 5 rings (SSSR count). The lowest BCUT2D eigenvalue weighted by atomic mass is 9.93. The molecule has 0 N–H and O–H groups in total. The van der Waals surface area contributed by atoms with Gasteiger partial charge in [0.2, 0.25) is 0 Å². The van der Waals surface area contributed by atoms with Gasteiger partial charge in [-0.05, 0) is 51.9 Å². The average molecular weight is 374 g/mol. The second kappa shape index (κ2) is 7.84. The van der Waals surface area contributed by atoms with Crippen molar-refractivity contribution in [1.82, 2.24) is 0 Å². The van der Waals surface area contributed by atoms with Gasteiger partial charge in [-0.3, -0.25) is 0 Å². The summed E-state index contributed by atoms with van der Waals surface area (Å²) < 4.78 is 0. The fourth-order valence-corrected chi connectivity index (χ4v) is 4.15. The van der Waals surface area contributed by atoms with Crippen molar-refractivity contribution in [3.63, 3.8) is 0 Å². The Hall–Kier alpha value is -3.52. The molecule has 0 aliphatic heterocycles. The van der Waals surface area contributed by atoms with Crippen molar-refractivity contribution in [3.05, 3.63) is 125 Å². The molecule has 2 nitrogen and oxygen atoms in total. The predicted octanol–water partition coefficient (Wildman–Crippen LogP) is 7.33. The molecule has 0 aromatic heterocycles. The summed E-state index contributed by atoms with van der Waals surface area (Å²) in [6, 6.07) is 35.8. The van der Waals surface area contributed by atoms with E-state index in [4.69, 9.17) is 5.11 Å². The maximum atomic E-state index is 4.76. The van der Waals surface area contributed by atoms with Crippen molar-refractivity contribution in [2.75, 3.05) is 0 Å². The molecule has 4 aromatic carbocycles. The van der Waals surface area contributed by atoms with E-state index in [-0.39, 0.29) is 6.04 Å². The normalized spacial score (nSPS) is 13.2. The van der Waals surface area contributed by atoms with E-state index in [1.54, 1.807) is 0 Å². The van der Waals surface area contributed by atoms with E-state index in [0.717, 1.165) is 18.5 Å². The summed E-state index contributed by atoms with van der Waals surface area (Å²) >= 11 is 0. The average Bonchev–Trinajstić information content (AvgIpc) is 3.17. The fourth-order valence-electron chi connectivity index (χ4n) is 4.15. The summed E-state index contributed by atoms with van der Waals surface area (Å²) in [7, 11) is 0. The third-order valence-corrected chi connectivity index (χ3v) is 5.61. The second-order valence-electron chi connectivity index (χ2n) is 7.46. The summed E-state index contributed by atoms with van der Waals surface area (Å²) in [5.41, 5.74) is 9.03. The minimum absolute atomic E-state index is 0.00776. The Kier molecular flexibility index (Phi) is 4.75. The molecule has 1 aliphatic rings. The number of benzene rings is 4. The zero-order valence-electron chi connectivity index (χ0n) is 16.2. The molecule has 4 aromatic rings. The van der Waals surface area contributed by atoms with E-state index in [9.17, 15) is 0 Å². The maximum absolute atomic E-state index is 4.76. The molecule has 0 fully saturated rings. The topological polar surface area (TPSA) is 24.7 Å². The van der Waals surface area contributed by atoms with Crippen LogP contribution in [0.3, 0.4) is 0 Å². The van der Waals surface area contributed by atoms with Gasteiger partial charge in [0.1, 0.15) is 6.04 Å². The molecule has 1 atom stereocenters. The molecule has 1 aliphatic carbocycles. The van der Waals surface area contributed by atoms with Gasteiger partial charge in [0.15, 0.2) is 0 Å². The second-order valence-corrected chi connectivity index (χ2v) is 7.46. The number of azo groups is 1. The van der Waals surface area contributed by atoms with Crippen LogP contribution in [-0.4, -0.2) is 0 Å². The first kappa shape index (κ1) is 17.6. The van der Waals surface area contributed by atoms with Gasteiger partial charge in [-0.1, -0.05) is 91.0 Å². The van der Waals surface area contributed by atoms with Gasteiger partial charge in [0.25, 0.3) is 0 Å². The highest BCUT2D eigenvalue weighted by atomic mass is 15.1. The van der Waals surface area contributed by atoms with Crippen LogP contribution in [0.1, 0.15) is 28.3 Å². The van der Waals surface area contributed by atoms with E-state index in [0.29, 0.717) is 0 Å². The van der Waals surface area contributed by atoms with Gasteiger partial charge in [-0.25, -0.2) is 0 Å². The van der Waals surface area contributed by atoms with Crippen LogP contribution >= 0.6 is 0 Å². The lowest BCUT2D eigenvalue weighted by Gasteiger charge is -2.15. The molecule has 0 radical (unpaired) electrons. The summed E-state index contributed by atoms with van der Waals surface area (Å²) in [4.78, 5) is 0. The Labute approximate surface area is 171 Å². The first-order valence-electron chi connectivity index (χ1n) is 10.1. The molecule has 0 bridgehead atoms. The van der Waals surface area contributed by atoms with Gasteiger partial charge in [-0.15, -0.1) is 0 Å². The van der Waals surface area contributed by atoms with Crippen LogP contribution in [0.4, 0.5) is 5.69 Å². The highest BCUT2D eigenvalue weighted by molar-refractivity contribution is 5.77. The lowest BCUT2D eigenvalue weighted by molar-refractivity contribution is 0.681. The van der Waals surface area contributed by atoms with E-state index >= 15 is 0 Å². The third-order valence-electron chi connectivity index (χ3n) is 5.61. The summed E-state index contributed by atoms with van der Waals surface area (Å²) in [5.74, 6) is 0. The van der Waals surface area contributed by atoms with Crippen LogP contribution in [-0.2, 0) is 12.8 Å². The van der Waals surface area contributed by atoms with Crippen molar-refractivity contribution in [1.29, 1.82) is 0 Å². The van der Waals surface area contributed by atoms with Gasteiger partial charge >= 0.3 is 0 Å². The molecule has 0 heterocycles. The molecule has 0 spiro atoms. The number of hydrogen-bond donors (Lipinski definition) is 0. The van der Waals surface area contributed by atoms with Crippen LogP contribution in [0.2, 0.25) is 0 Å².